The number of hydrogen-bond acceptors (Lipinski definition) is 4. The molecule has 1 rings (SSSR count). The Bertz CT molecular complexity index is 391. The van der Waals surface area contributed by atoms with Crippen LogP contribution in [0.25, 0.3) is 0 Å². The van der Waals surface area contributed by atoms with Gasteiger partial charge < -0.3 is 9.47 Å². The SMILES string of the molecule is CCOC(=O)C1=C(C(=O)OCC)CCCC(C)=C1. The number of carbonyl (C=O) groups excluding carboxylic acids is 2. The first-order valence-electron chi connectivity index (χ1n) is 6.34. The van der Waals surface area contributed by atoms with Crippen LogP contribution >= 0.6 is 0 Å². The summed E-state index contributed by atoms with van der Waals surface area (Å²) in [5, 5.41) is 0. The zero-order chi connectivity index (χ0) is 13.5. The van der Waals surface area contributed by atoms with Crippen LogP contribution in [-0.2, 0) is 19.1 Å². The van der Waals surface area contributed by atoms with Gasteiger partial charge >= 0.3 is 11.9 Å². The lowest BCUT2D eigenvalue weighted by atomic mass is 10.1. The van der Waals surface area contributed by atoms with E-state index in [-0.39, 0.29) is 0 Å². The Labute approximate surface area is 108 Å². The zero-order valence-electron chi connectivity index (χ0n) is 11.2. The van der Waals surface area contributed by atoms with Crippen molar-refractivity contribution in [1.82, 2.24) is 0 Å². The average Bonchev–Trinajstić information content (AvgIpc) is 2.51. The third-order valence-corrected chi connectivity index (χ3v) is 2.73. The third-order valence-electron chi connectivity index (χ3n) is 2.73. The normalized spacial score (nSPS) is 15.8. The zero-order valence-corrected chi connectivity index (χ0v) is 11.2. The highest BCUT2D eigenvalue weighted by atomic mass is 16.5. The first-order chi connectivity index (χ1) is 8.60. The van der Waals surface area contributed by atoms with Gasteiger partial charge in [0, 0.05) is 0 Å². The first kappa shape index (κ1) is 14.5. The Balaban J connectivity index is 3.11. The van der Waals surface area contributed by atoms with E-state index >= 15 is 0 Å². The number of rotatable bonds is 4. The molecule has 0 saturated heterocycles. The van der Waals surface area contributed by atoms with Crippen LogP contribution in [0.15, 0.2) is 22.8 Å². The molecular weight excluding hydrogens is 232 g/mol. The smallest absolute Gasteiger partial charge is 0.338 e. The Morgan fingerprint density at radius 3 is 2.33 bits per heavy atom. The molecule has 18 heavy (non-hydrogen) atoms. The highest BCUT2D eigenvalue weighted by Gasteiger charge is 2.23. The van der Waals surface area contributed by atoms with Gasteiger partial charge in [-0.15, -0.1) is 0 Å². The van der Waals surface area contributed by atoms with Crippen LogP contribution in [-0.4, -0.2) is 25.2 Å². The molecule has 0 bridgehead atoms. The van der Waals surface area contributed by atoms with E-state index < -0.39 is 11.9 Å². The molecule has 1 aliphatic rings. The van der Waals surface area contributed by atoms with E-state index in [1.165, 1.54) is 0 Å². The van der Waals surface area contributed by atoms with E-state index in [0.29, 0.717) is 30.8 Å². The number of carbonyl (C=O) groups is 2. The van der Waals surface area contributed by atoms with Gasteiger partial charge in [0.2, 0.25) is 0 Å². The number of allylic oxidation sites excluding steroid dienone is 1. The van der Waals surface area contributed by atoms with Crippen molar-refractivity contribution in [3.8, 4) is 0 Å². The standard InChI is InChI=1S/C14H20O4/c1-4-17-13(15)11-8-6-7-10(3)9-12(11)14(16)18-5-2/h9H,4-8H2,1-3H3. The molecule has 0 heterocycles. The summed E-state index contributed by atoms with van der Waals surface area (Å²) < 4.78 is 9.99. The number of hydrogen-bond donors (Lipinski definition) is 0. The van der Waals surface area contributed by atoms with Crippen LogP contribution in [0.4, 0.5) is 0 Å². The van der Waals surface area contributed by atoms with Crippen LogP contribution in [0.3, 0.4) is 0 Å². The van der Waals surface area contributed by atoms with E-state index in [9.17, 15) is 9.59 Å². The first-order valence-corrected chi connectivity index (χ1v) is 6.34. The predicted octanol–water partition coefficient (Wildman–Crippen LogP) is 2.54. The molecule has 0 unspecified atom stereocenters. The molecule has 4 nitrogen and oxygen atoms in total. The second-order valence-corrected chi connectivity index (χ2v) is 4.18. The maximum atomic E-state index is 11.9. The molecule has 0 saturated carbocycles. The van der Waals surface area contributed by atoms with Gasteiger partial charge in [0.15, 0.2) is 0 Å². The van der Waals surface area contributed by atoms with Crippen molar-refractivity contribution < 1.29 is 19.1 Å². The molecule has 0 aromatic rings. The molecule has 0 aliphatic heterocycles. The van der Waals surface area contributed by atoms with E-state index in [1.807, 2.05) is 6.92 Å². The second kappa shape index (κ2) is 6.99. The lowest BCUT2D eigenvalue weighted by Gasteiger charge is -2.09. The van der Waals surface area contributed by atoms with Gasteiger partial charge in [-0.05, 0) is 46.1 Å². The molecule has 0 atom stereocenters. The summed E-state index contributed by atoms with van der Waals surface area (Å²) in [5.74, 6) is -0.853. The fraction of sp³-hybridized carbons (Fsp3) is 0.571. The molecule has 4 heteroatoms. The summed E-state index contributed by atoms with van der Waals surface area (Å²) in [6, 6.07) is 0. The highest BCUT2D eigenvalue weighted by Crippen LogP contribution is 2.24. The lowest BCUT2D eigenvalue weighted by molar-refractivity contribution is -0.141. The van der Waals surface area contributed by atoms with Gasteiger partial charge in [-0.3, -0.25) is 0 Å². The Hall–Kier alpha value is -1.58. The maximum Gasteiger partial charge on any atom is 0.338 e. The van der Waals surface area contributed by atoms with Crippen molar-refractivity contribution in [2.45, 2.75) is 40.0 Å². The van der Waals surface area contributed by atoms with Crippen molar-refractivity contribution >= 4 is 11.9 Å². The Morgan fingerprint density at radius 2 is 1.72 bits per heavy atom. The Kier molecular flexibility index (Phi) is 5.62. The summed E-state index contributed by atoms with van der Waals surface area (Å²) in [5.41, 5.74) is 1.87. The van der Waals surface area contributed by atoms with E-state index in [2.05, 4.69) is 0 Å². The van der Waals surface area contributed by atoms with Gasteiger partial charge in [0.1, 0.15) is 0 Å². The summed E-state index contributed by atoms with van der Waals surface area (Å²) in [6.07, 6.45) is 4.03. The van der Waals surface area contributed by atoms with Crippen molar-refractivity contribution in [2.24, 2.45) is 0 Å². The molecule has 1 aliphatic carbocycles. The van der Waals surface area contributed by atoms with Gasteiger partial charge in [-0.1, -0.05) is 5.57 Å². The summed E-state index contributed by atoms with van der Waals surface area (Å²) in [6.45, 7) is 6.05. The fourth-order valence-electron chi connectivity index (χ4n) is 1.91. The van der Waals surface area contributed by atoms with E-state index in [1.54, 1.807) is 19.9 Å². The topological polar surface area (TPSA) is 52.6 Å². The third kappa shape index (κ3) is 3.72. The largest absolute Gasteiger partial charge is 0.463 e. The van der Waals surface area contributed by atoms with Crippen LogP contribution in [0, 0.1) is 0 Å². The average molecular weight is 252 g/mol. The van der Waals surface area contributed by atoms with Crippen molar-refractivity contribution in [2.75, 3.05) is 13.2 Å². The molecule has 0 aromatic heterocycles. The van der Waals surface area contributed by atoms with Crippen LogP contribution in [0.1, 0.15) is 40.0 Å². The Morgan fingerprint density at radius 1 is 1.11 bits per heavy atom. The summed E-state index contributed by atoms with van der Waals surface area (Å²) in [4.78, 5) is 23.7. The van der Waals surface area contributed by atoms with Crippen molar-refractivity contribution in [3.05, 3.63) is 22.8 Å². The minimum absolute atomic E-state index is 0.297. The molecule has 0 aromatic carbocycles. The molecule has 0 N–H and O–H groups in total. The summed E-state index contributed by atoms with van der Waals surface area (Å²) >= 11 is 0. The minimum atomic E-state index is -0.443. The van der Waals surface area contributed by atoms with Crippen molar-refractivity contribution in [1.29, 1.82) is 0 Å². The van der Waals surface area contributed by atoms with Gasteiger partial charge in [0.25, 0.3) is 0 Å². The minimum Gasteiger partial charge on any atom is -0.463 e. The fourth-order valence-corrected chi connectivity index (χ4v) is 1.91. The molecule has 0 fully saturated rings. The monoisotopic (exact) mass is 252 g/mol. The van der Waals surface area contributed by atoms with Gasteiger partial charge in [-0.25, -0.2) is 9.59 Å². The van der Waals surface area contributed by atoms with Crippen LogP contribution in [0.2, 0.25) is 0 Å². The molecule has 0 amide bonds. The molecule has 0 spiro atoms. The molecule has 0 radical (unpaired) electrons. The number of ether oxygens (including phenoxy) is 2. The van der Waals surface area contributed by atoms with Gasteiger partial charge in [0.05, 0.1) is 24.4 Å². The maximum absolute atomic E-state index is 11.9. The summed E-state index contributed by atoms with van der Waals surface area (Å²) in [7, 11) is 0. The lowest BCUT2D eigenvalue weighted by Crippen LogP contribution is -2.15. The van der Waals surface area contributed by atoms with E-state index in [0.717, 1.165) is 18.4 Å². The van der Waals surface area contributed by atoms with Crippen molar-refractivity contribution in [3.63, 3.8) is 0 Å². The molecular formula is C14H20O4. The molecule has 100 valence electrons. The van der Waals surface area contributed by atoms with Crippen LogP contribution in [0.5, 0.6) is 0 Å². The second-order valence-electron chi connectivity index (χ2n) is 4.18. The van der Waals surface area contributed by atoms with Gasteiger partial charge in [-0.2, -0.15) is 0 Å². The van der Waals surface area contributed by atoms with E-state index in [4.69, 9.17) is 9.47 Å². The highest BCUT2D eigenvalue weighted by molar-refractivity contribution is 6.02. The number of esters is 2. The van der Waals surface area contributed by atoms with Crippen LogP contribution < -0.4 is 0 Å². The quantitative estimate of drug-likeness (QED) is 0.721. The predicted molar refractivity (Wildman–Crippen MR) is 67.9 cm³/mol.